The second kappa shape index (κ2) is 5.20. The Labute approximate surface area is 142 Å². The molecule has 7 nitrogen and oxygen atoms in total. The Balaban J connectivity index is 1.58. The van der Waals surface area contributed by atoms with Crippen molar-refractivity contribution < 1.29 is 4.52 Å². The van der Waals surface area contributed by atoms with Crippen LogP contribution in [0.1, 0.15) is 5.82 Å². The van der Waals surface area contributed by atoms with E-state index >= 15 is 0 Å². The monoisotopic (exact) mass is 328 g/mol. The van der Waals surface area contributed by atoms with Crippen LogP contribution in [-0.4, -0.2) is 29.7 Å². The minimum Gasteiger partial charge on any atom is -0.332 e. The van der Waals surface area contributed by atoms with Crippen LogP contribution in [0.5, 0.6) is 0 Å². The summed E-state index contributed by atoms with van der Waals surface area (Å²) in [6.45, 7) is 1.89. The molecule has 0 bridgehead atoms. The highest BCUT2D eigenvalue weighted by molar-refractivity contribution is 5.80. The second-order valence-corrected chi connectivity index (χ2v) is 5.71. The van der Waals surface area contributed by atoms with E-state index in [1.165, 1.54) is 0 Å². The van der Waals surface area contributed by atoms with Crippen molar-refractivity contribution in [1.29, 1.82) is 0 Å². The average molecular weight is 328 g/mol. The van der Waals surface area contributed by atoms with Gasteiger partial charge in [-0.2, -0.15) is 4.98 Å². The van der Waals surface area contributed by atoms with E-state index < -0.39 is 0 Å². The summed E-state index contributed by atoms with van der Waals surface area (Å²) in [7, 11) is 0. The molecular weight excluding hydrogens is 316 g/mol. The highest BCUT2D eigenvalue weighted by Gasteiger charge is 2.13. The lowest BCUT2D eigenvalue weighted by Crippen LogP contribution is -1.90. The molecule has 4 aromatic heterocycles. The van der Waals surface area contributed by atoms with Crippen molar-refractivity contribution >= 4 is 16.6 Å². The first kappa shape index (κ1) is 13.8. The first-order valence-electron chi connectivity index (χ1n) is 7.79. The number of rotatable bonds is 2. The number of aryl methyl sites for hydroxylation is 1. The molecule has 25 heavy (non-hydrogen) atoms. The van der Waals surface area contributed by atoms with E-state index in [9.17, 15) is 0 Å². The number of fused-ring (bicyclic) bond motifs is 2. The minimum atomic E-state index is 0.390. The van der Waals surface area contributed by atoms with Crippen molar-refractivity contribution in [3.05, 3.63) is 60.6 Å². The van der Waals surface area contributed by atoms with E-state index in [-0.39, 0.29) is 0 Å². The maximum Gasteiger partial charge on any atom is 0.276 e. The SMILES string of the molecule is Cc1nnc2ccc(-c3noc(-c4ccc5ccccc5n4)n3)cn12. The van der Waals surface area contributed by atoms with Crippen molar-refractivity contribution in [2.45, 2.75) is 6.92 Å². The zero-order valence-electron chi connectivity index (χ0n) is 13.3. The number of benzene rings is 1. The van der Waals surface area contributed by atoms with Crippen LogP contribution >= 0.6 is 0 Å². The molecule has 0 N–H and O–H groups in total. The van der Waals surface area contributed by atoms with E-state index in [2.05, 4.69) is 25.3 Å². The molecule has 0 radical (unpaired) electrons. The smallest absolute Gasteiger partial charge is 0.276 e. The molecular formula is C18H12N6O. The van der Waals surface area contributed by atoms with Crippen LogP contribution < -0.4 is 0 Å². The quantitative estimate of drug-likeness (QED) is 0.494. The molecule has 5 aromatic rings. The molecule has 0 amide bonds. The van der Waals surface area contributed by atoms with Crippen LogP contribution in [0, 0.1) is 6.92 Å². The number of pyridine rings is 2. The topological polar surface area (TPSA) is 82.0 Å². The molecule has 1 aromatic carbocycles. The highest BCUT2D eigenvalue weighted by Crippen LogP contribution is 2.23. The van der Waals surface area contributed by atoms with E-state index in [0.29, 0.717) is 17.4 Å². The van der Waals surface area contributed by atoms with Gasteiger partial charge in [0, 0.05) is 17.1 Å². The van der Waals surface area contributed by atoms with Crippen molar-refractivity contribution in [1.82, 2.24) is 29.7 Å². The van der Waals surface area contributed by atoms with E-state index in [4.69, 9.17) is 4.52 Å². The van der Waals surface area contributed by atoms with Gasteiger partial charge >= 0.3 is 0 Å². The number of hydrogen-bond donors (Lipinski definition) is 0. The normalized spacial score (nSPS) is 11.4. The summed E-state index contributed by atoms with van der Waals surface area (Å²) in [5.41, 5.74) is 3.15. The van der Waals surface area contributed by atoms with Gasteiger partial charge < -0.3 is 4.52 Å². The standard InChI is InChI=1S/C18H12N6O/c1-11-21-22-16-9-7-13(10-24(11)16)17-20-18(25-23-17)15-8-6-12-4-2-3-5-14(12)19-15/h2-10H,1H3. The number of para-hydroxylation sites is 1. The Hall–Kier alpha value is -3.61. The van der Waals surface area contributed by atoms with Crippen LogP contribution in [-0.2, 0) is 0 Å². The second-order valence-electron chi connectivity index (χ2n) is 5.71. The van der Waals surface area contributed by atoms with Gasteiger partial charge in [0.05, 0.1) is 5.52 Å². The Morgan fingerprint density at radius 2 is 1.84 bits per heavy atom. The highest BCUT2D eigenvalue weighted by atomic mass is 16.5. The molecule has 0 aliphatic carbocycles. The van der Waals surface area contributed by atoms with Gasteiger partial charge in [0.15, 0.2) is 5.65 Å². The summed E-state index contributed by atoms with van der Waals surface area (Å²) >= 11 is 0. The van der Waals surface area contributed by atoms with Crippen LogP contribution in [0.2, 0.25) is 0 Å². The molecule has 0 atom stereocenters. The van der Waals surface area contributed by atoms with Gasteiger partial charge in [-0.25, -0.2) is 4.98 Å². The maximum atomic E-state index is 5.41. The van der Waals surface area contributed by atoms with Crippen LogP contribution in [0.25, 0.3) is 39.5 Å². The zero-order chi connectivity index (χ0) is 16.8. The summed E-state index contributed by atoms with van der Waals surface area (Å²) in [6.07, 6.45) is 1.90. The fraction of sp³-hybridized carbons (Fsp3) is 0.0556. The Bertz CT molecular complexity index is 1220. The summed E-state index contributed by atoms with van der Waals surface area (Å²) in [4.78, 5) is 9.07. The third kappa shape index (κ3) is 2.25. The predicted octanol–water partition coefficient (Wildman–Crippen LogP) is 3.30. The molecule has 5 rings (SSSR count). The first-order valence-corrected chi connectivity index (χ1v) is 7.79. The van der Waals surface area contributed by atoms with Gasteiger partial charge in [-0.15, -0.1) is 10.2 Å². The maximum absolute atomic E-state index is 5.41. The number of hydrogen-bond acceptors (Lipinski definition) is 6. The van der Waals surface area contributed by atoms with Crippen molar-refractivity contribution in [2.24, 2.45) is 0 Å². The van der Waals surface area contributed by atoms with E-state index in [0.717, 1.165) is 27.9 Å². The largest absolute Gasteiger partial charge is 0.332 e. The van der Waals surface area contributed by atoms with Gasteiger partial charge in [0.25, 0.3) is 5.89 Å². The van der Waals surface area contributed by atoms with Gasteiger partial charge in [-0.05, 0) is 31.2 Å². The zero-order valence-corrected chi connectivity index (χ0v) is 13.3. The molecule has 0 aliphatic rings. The van der Waals surface area contributed by atoms with E-state index in [1.807, 2.05) is 66.1 Å². The van der Waals surface area contributed by atoms with Gasteiger partial charge in [-0.3, -0.25) is 4.40 Å². The molecule has 0 unspecified atom stereocenters. The third-order valence-electron chi connectivity index (χ3n) is 4.07. The Morgan fingerprint density at radius 1 is 0.920 bits per heavy atom. The molecule has 0 saturated carbocycles. The molecule has 0 spiro atoms. The molecule has 4 heterocycles. The Kier molecular flexibility index (Phi) is 2.87. The molecule has 7 heteroatoms. The fourth-order valence-electron chi connectivity index (χ4n) is 2.77. The van der Waals surface area contributed by atoms with Crippen LogP contribution in [0.15, 0.2) is 59.3 Å². The summed E-state index contributed by atoms with van der Waals surface area (Å²) in [5, 5.41) is 13.3. The first-order chi connectivity index (χ1) is 12.3. The lowest BCUT2D eigenvalue weighted by molar-refractivity contribution is 0.431. The van der Waals surface area contributed by atoms with Gasteiger partial charge in [0.2, 0.25) is 5.82 Å². The lowest BCUT2D eigenvalue weighted by atomic mass is 10.2. The molecule has 0 saturated heterocycles. The van der Waals surface area contributed by atoms with Crippen molar-refractivity contribution in [3.8, 4) is 23.0 Å². The minimum absolute atomic E-state index is 0.390. The molecule has 0 fully saturated rings. The van der Waals surface area contributed by atoms with Gasteiger partial charge in [0.1, 0.15) is 11.5 Å². The number of nitrogens with zero attached hydrogens (tertiary/aromatic N) is 6. The molecule has 0 aliphatic heterocycles. The Morgan fingerprint density at radius 3 is 2.80 bits per heavy atom. The van der Waals surface area contributed by atoms with Crippen LogP contribution in [0.3, 0.4) is 0 Å². The summed E-state index contributed by atoms with van der Waals surface area (Å²) < 4.78 is 7.30. The number of aromatic nitrogens is 6. The average Bonchev–Trinajstić information content (AvgIpc) is 3.29. The fourth-order valence-corrected chi connectivity index (χ4v) is 2.77. The predicted molar refractivity (Wildman–Crippen MR) is 91.8 cm³/mol. The van der Waals surface area contributed by atoms with Crippen LogP contribution in [0.4, 0.5) is 0 Å². The summed E-state index contributed by atoms with van der Waals surface area (Å²) in [5.74, 6) is 1.69. The summed E-state index contributed by atoms with van der Waals surface area (Å²) in [6, 6.07) is 15.6. The van der Waals surface area contributed by atoms with Crippen molar-refractivity contribution in [3.63, 3.8) is 0 Å². The van der Waals surface area contributed by atoms with E-state index in [1.54, 1.807) is 0 Å². The third-order valence-corrected chi connectivity index (χ3v) is 4.07. The molecule has 120 valence electrons. The van der Waals surface area contributed by atoms with Gasteiger partial charge in [-0.1, -0.05) is 29.4 Å². The van der Waals surface area contributed by atoms with Crippen molar-refractivity contribution in [2.75, 3.05) is 0 Å². The lowest BCUT2D eigenvalue weighted by Gasteiger charge is -1.98.